The fourth-order valence-electron chi connectivity index (χ4n) is 5.16. The van der Waals surface area contributed by atoms with E-state index in [4.69, 9.17) is 21.6 Å². The van der Waals surface area contributed by atoms with Crippen molar-refractivity contribution in [3.05, 3.63) is 28.9 Å². The Morgan fingerprint density at radius 3 is 2.47 bits per heavy atom. The van der Waals surface area contributed by atoms with E-state index in [9.17, 15) is 9.32 Å². The molecule has 2 aromatic rings. The number of aliphatic hydroxyl groups is 1. The maximum atomic E-state index is 13.3. The normalized spacial score (nSPS) is 25.4. The molecule has 2 aliphatic heterocycles. The van der Waals surface area contributed by atoms with Gasteiger partial charge in [-0.2, -0.15) is 4.98 Å². The van der Waals surface area contributed by atoms with Crippen LogP contribution < -0.4 is 10.2 Å². The number of halogens is 1. The number of aromatic nitrogens is 4. The van der Waals surface area contributed by atoms with Crippen molar-refractivity contribution in [1.82, 2.24) is 19.9 Å². The van der Waals surface area contributed by atoms with Gasteiger partial charge in [-0.15, -0.1) is 0 Å². The van der Waals surface area contributed by atoms with Crippen molar-refractivity contribution in [1.29, 1.82) is 0 Å². The van der Waals surface area contributed by atoms with E-state index in [0.717, 1.165) is 80.9 Å². The van der Waals surface area contributed by atoms with E-state index in [-0.39, 0.29) is 16.9 Å². The molecule has 170 valence electrons. The molecule has 4 heterocycles. The zero-order valence-corrected chi connectivity index (χ0v) is 19.5. The van der Waals surface area contributed by atoms with Gasteiger partial charge in [-0.1, -0.05) is 11.6 Å². The van der Waals surface area contributed by atoms with Gasteiger partial charge in [-0.05, 0) is 44.9 Å². The molecular weight excluding hydrogens is 448 g/mol. The maximum absolute atomic E-state index is 13.3. The van der Waals surface area contributed by atoms with Crippen molar-refractivity contribution in [2.24, 2.45) is 0 Å². The van der Waals surface area contributed by atoms with Gasteiger partial charge < -0.3 is 15.3 Å². The molecule has 1 atom stereocenters. The Kier molecular flexibility index (Phi) is 4.93. The summed E-state index contributed by atoms with van der Waals surface area (Å²) in [5.41, 5.74) is 0.575. The van der Waals surface area contributed by atoms with Crippen molar-refractivity contribution in [2.75, 3.05) is 29.9 Å². The quantitative estimate of drug-likeness (QED) is 0.681. The SMILES string of the molecule is O=S1c2c(nc(N3CCC(c4ncc(Cl)cn4)CC3)nc2NC2(CO)CCC2)CC12CC2. The molecule has 2 aromatic heterocycles. The zero-order valence-electron chi connectivity index (χ0n) is 17.9. The van der Waals surface area contributed by atoms with Gasteiger partial charge in [-0.25, -0.2) is 15.0 Å². The first-order valence-corrected chi connectivity index (χ1v) is 13.0. The van der Waals surface area contributed by atoms with Crippen LogP contribution in [0.3, 0.4) is 0 Å². The van der Waals surface area contributed by atoms with Crippen LogP contribution in [0.1, 0.15) is 62.4 Å². The Morgan fingerprint density at radius 2 is 1.88 bits per heavy atom. The third-order valence-electron chi connectivity index (χ3n) is 7.58. The van der Waals surface area contributed by atoms with Crippen LogP contribution in [0.4, 0.5) is 11.8 Å². The number of rotatable bonds is 5. The number of anilines is 2. The van der Waals surface area contributed by atoms with Crippen LogP contribution in [-0.2, 0) is 17.2 Å². The van der Waals surface area contributed by atoms with Crippen molar-refractivity contribution in [3.8, 4) is 0 Å². The zero-order chi connectivity index (χ0) is 21.9. The molecule has 1 spiro atoms. The molecule has 6 rings (SSSR count). The largest absolute Gasteiger partial charge is 0.394 e. The summed E-state index contributed by atoms with van der Waals surface area (Å²) in [7, 11) is -1.08. The van der Waals surface area contributed by atoms with Crippen LogP contribution in [-0.4, -0.2) is 59.2 Å². The summed E-state index contributed by atoms with van der Waals surface area (Å²) >= 11 is 5.93. The van der Waals surface area contributed by atoms with E-state index in [2.05, 4.69) is 20.2 Å². The van der Waals surface area contributed by atoms with Crippen LogP contribution >= 0.6 is 11.6 Å². The molecule has 2 saturated carbocycles. The lowest BCUT2D eigenvalue weighted by atomic mass is 9.77. The van der Waals surface area contributed by atoms with Crippen LogP contribution in [0.5, 0.6) is 0 Å². The molecule has 1 unspecified atom stereocenters. The van der Waals surface area contributed by atoms with E-state index in [1.807, 2.05) is 0 Å². The molecule has 2 aliphatic carbocycles. The van der Waals surface area contributed by atoms with Crippen LogP contribution in [0, 0.1) is 0 Å². The predicted molar refractivity (Wildman–Crippen MR) is 123 cm³/mol. The molecule has 8 nitrogen and oxygen atoms in total. The van der Waals surface area contributed by atoms with Crippen LogP contribution in [0.15, 0.2) is 17.3 Å². The lowest BCUT2D eigenvalue weighted by Crippen LogP contribution is -2.49. The lowest BCUT2D eigenvalue weighted by molar-refractivity contribution is 0.143. The molecule has 0 aromatic carbocycles. The second-order valence-corrected chi connectivity index (χ2v) is 12.0. The van der Waals surface area contributed by atoms with Gasteiger partial charge in [0.1, 0.15) is 16.5 Å². The topological polar surface area (TPSA) is 104 Å². The summed E-state index contributed by atoms with van der Waals surface area (Å²) in [5, 5.41) is 14.0. The fourth-order valence-corrected chi connectivity index (χ4v) is 7.04. The van der Waals surface area contributed by atoms with Gasteiger partial charge in [0.15, 0.2) is 0 Å². The number of nitrogens with one attached hydrogen (secondary N) is 1. The molecule has 0 amide bonds. The molecular formula is C22H27ClN6O2S. The minimum Gasteiger partial charge on any atom is -0.394 e. The lowest BCUT2D eigenvalue weighted by Gasteiger charge is -2.42. The molecule has 4 aliphatic rings. The Hall–Kier alpha value is -1.84. The first-order chi connectivity index (χ1) is 15.5. The van der Waals surface area contributed by atoms with E-state index >= 15 is 0 Å². The first-order valence-electron chi connectivity index (χ1n) is 11.5. The molecule has 3 fully saturated rings. The molecule has 32 heavy (non-hydrogen) atoms. The second kappa shape index (κ2) is 7.60. The summed E-state index contributed by atoms with van der Waals surface area (Å²) in [4.78, 5) is 21.6. The van der Waals surface area contributed by atoms with Gasteiger partial charge in [-0.3, -0.25) is 4.21 Å². The Morgan fingerprint density at radius 1 is 1.16 bits per heavy atom. The maximum Gasteiger partial charge on any atom is 0.227 e. The molecule has 1 saturated heterocycles. The fraction of sp³-hybridized carbons (Fsp3) is 0.636. The average Bonchev–Trinajstić information content (AvgIpc) is 3.51. The van der Waals surface area contributed by atoms with Crippen LogP contribution in [0.25, 0.3) is 0 Å². The number of hydrogen-bond acceptors (Lipinski definition) is 8. The highest BCUT2D eigenvalue weighted by Gasteiger charge is 2.56. The summed E-state index contributed by atoms with van der Waals surface area (Å²) in [6.07, 6.45) is 10.8. The minimum absolute atomic E-state index is 0.0609. The van der Waals surface area contributed by atoms with E-state index in [0.29, 0.717) is 22.7 Å². The van der Waals surface area contributed by atoms with Crippen LogP contribution in [0.2, 0.25) is 5.02 Å². The Balaban J connectivity index is 1.27. The average molecular weight is 475 g/mol. The third kappa shape index (κ3) is 3.40. The number of nitrogens with zero attached hydrogens (tertiary/aromatic N) is 5. The Labute approximate surface area is 194 Å². The highest BCUT2D eigenvalue weighted by Crippen LogP contribution is 2.54. The molecule has 0 radical (unpaired) electrons. The number of aliphatic hydroxyl groups excluding tert-OH is 1. The summed E-state index contributed by atoms with van der Waals surface area (Å²) in [6, 6.07) is 0. The first kappa shape index (κ1) is 20.7. The number of hydrogen-bond donors (Lipinski definition) is 2. The summed E-state index contributed by atoms with van der Waals surface area (Å²) in [5.74, 6) is 2.51. The molecule has 2 N–H and O–H groups in total. The highest BCUT2D eigenvalue weighted by atomic mass is 35.5. The minimum atomic E-state index is -1.08. The predicted octanol–water partition coefficient (Wildman–Crippen LogP) is 2.83. The standard InChI is InChI=1S/C22H27ClN6O2S/c23-15-11-24-18(25-12-15)14-2-8-29(9-3-14)20-26-16-10-22(6-7-22)32(31)17(16)19(27-20)28-21(13-30)4-1-5-21/h11-12,14,30H,1-10,13H2,(H,26,27,28). The van der Waals surface area contributed by atoms with Gasteiger partial charge in [0.25, 0.3) is 0 Å². The van der Waals surface area contributed by atoms with Gasteiger partial charge in [0, 0.05) is 37.8 Å². The van der Waals surface area contributed by atoms with Crippen molar-refractivity contribution >= 4 is 34.2 Å². The van der Waals surface area contributed by atoms with E-state index < -0.39 is 10.8 Å². The van der Waals surface area contributed by atoms with Crippen molar-refractivity contribution in [2.45, 2.75) is 72.5 Å². The smallest absolute Gasteiger partial charge is 0.227 e. The molecule has 0 bridgehead atoms. The van der Waals surface area contributed by atoms with E-state index in [1.165, 1.54) is 0 Å². The van der Waals surface area contributed by atoms with Crippen molar-refractivity contribution in [3.63, 3.8) is 0 Å². The molecule has 10 heteroatoms. The number of fused-ring (bicyclic) bond motifs is 1. The van der Waals surface area contributed by atoms with Gasteiger partial charge in [0.05, 0.1) is 38.4 Å². The highest BCUT2D eigenvalue weighted by molar-refractivity contribution is 7.87. The third-order valence-corrected chi connectivity index (χ3v) is 9.91. The van der Waals surface area contributed by atoms with Crippen molar-refractivity contribution < 1.29 is 9.32 Å². The Bertz CT molecular complexity index is 1060. The second-order valence-electron chi connectivity index (χ2n) is 9.71. The van der Waals surface area contributed by atoms with Gasteiger partial charge in [0.2, 0.25) is 5.95 Å². The van der Waals surface area contributed by atoms with E-state index in [1.54, 1.807) is 12.4 Å². The summed E-state index contributed by atoms with van der Waals surface area (Å²) in [6.45, 7) is 1.69. The van der Waals surface area contributed by atoms with Gasteiger partial charge >= 0.3 is 0 Å². The number of piperidine rings is 1. The monoisotopic (exact) mass is 474 g/mol. The summed E-state index contributed by atoms with van der Waals surface area (Å²) < 4.78 is 13.2.